The molecule has 0 rings (SSSR count). The van der Waals surface area contributed by atoms with Gasteiger partial charge in [0.1, 0.15) is 0 Å². The smallest absolute Gasteiger partial charge is 0.0641 e. The molecule has 70 valence electrons. The average molecular weight is 176 g/mol. The van der Waals surface area contributed by atoms with E-state index in [0.717, 1.165) is 5.70 Å². The lowest BCUT2D eigenvalue weighted by molar-refractivity contribution is 0.518. The Bertz CT molecular complexity index is 247. The second-order valence-corrected chi connectivity index (χ2v) is 2.23. The van der Waals surface area contributed by atoms with E-state index in [0.29, 0.717) is 0 Å². The maximum atomic E-state index is 4.10. The van der Waals surface area contributed by atoms with Gasteiger partial charge in [-0.1, -0.05) is 25.3 Å². The zero-order valence-corrected chi connectivity index (χ0v) is 8.27. The Labute approximate surface area is 80.3 Å². The molecule has 0 amide bonds. The first-order valence-corrected chi connectivity index (χ1v) is 4.16. The van der Waals surface area contributed by atoms with Crippen LogP contribution in [-0.2, 0) is 0 Å². The van der Waals surface area contributed by atoms with Gasteiger partial charge >= 0.3 is 0 Å². The largest absolute Gasteiger partial charge is 0.242 e. The second kappa shape index (κ2) is 7.10. The fourth-order valence-electron chi connectivity index (χ4n) is 0.843. The number of hydrogen-bond donors (Lipinski definition) is 0. The molecule has 0 saturated heterocycles. The summed E-state index contributed by atoms with van der Waals surface area (Å²) in [5.74, 6) is 0. The molecule has 0 saturated carbocycles. The van der Waals surface area contributed by atoms with Crippen LogP contribution in [0.4, 0.5) is 0 Å². The molecule has 0 aliphatic carbocycles. The second-order valence-electron chi connectivity index (χ2n) is 2.23. The Kier molecular flexibility index (Phi) is 6.24. The lowest BCUT2D eigenvalue weighted by Gasteiger charge is -2.13. The van der Waals surface area contributed by atoms with E-state index in [1.807, 2.05) is 32.1 Å². The number of hydrogen-bond acceptors (Lipinski definition) is 2. The zero-order valence-electron chi connectivity index (χ0n) is 8.27. The average Bonchev–Trinajstić information content (AvgIpc) is 2.14. The highest BCUT2D eigenvalue weighted by Crippen LogP contribution is 2.07. The molecule has 2 heteroatoms. The van der Waals surface area contributed by atoms with Crippen LogP contribution in [0.5, 0.6) is 0 Å². The predicted molar refractivity (Wildman–Crippen MR) is 59.3 cm³/mol. The maximum absolute atomic E-state index is 4.10. The summed E-state index contributed by atoms with van der Waals surface area (Å²) >= 11 is 0. The minimum Gasteiger partial charge on any atom is -0.242 e. The number of rotatable bonds is 5. The normalized spacial score (nSPS) is 12.3. The molecule has 0 heterocycles. The third-order valence-corrected chi connectivity index (χ3v) is 1.30. The van der Waals surface area contributed by atoms with Crippen LogP contribution in [0, 0.1) is 0 Å². The summed E-state index contributed by atoms with van der Waals surface area (Å²) in [7, 11) is 0. The van der Waals surface area contributed by atoms with E-state index in [-0.39, 0.29) is 0 Å². The Hall–Kier alpha value is -1.57. The van der Waals surface area contributed by atoms with E-state index in [1.54, 1.807) is 23.5 Å². The molecule has 0 aromatic rings. The van der Waals surface area contributed by atoms with Gasteiger partial charge < -0.3 is 0 Å². The van der Waals surface area contributed by atoms with Crippen LogP contribution in [-0.4, -0.2) is 11.2 Å². The molecule has 0 aromatic carbocycles. The minimum atomic E-state index is 0.936. The van der Waals surface area contributed by atoms with Gasteiger partial charge in [0, 0.05) is 12.4 Å². The summed E-state index contributed by atoms with van der Waals surface area (Å²) in [6.45, 7) is 11.1. The Balaban J connectivity index is 4.78. The van der Waals surface area contributed by atoms with Gasteiger partial charge in [0.15, 0.2) is 0 Å². The summed E-state index contributed by atoms with van der Waals surface area (Å²) in [5, 5.41) is 5.79. The quantitative estimate of drug-likeness (QED) is 0.357. The highest BCUT2D eigenvalue weighted by molar-refractivity contribution is 5.53. The van der Waals surface area contributed by atoms with Crippen LogP contribution in [0.1, 0.15) is 13.8 Å². The van der Waals surface area contributed by atoms with Gasteiger partial charge in [-0.3, -0.25) is 0 Å². The van der Waals surface area contributed by atoms with E-state index >= 15 is 0 Å². The SMILES string of the molecule is C=C/C=C(\C=C/C)N(C=C)/N=C\C. The fraction of sp³-hybridized carbons (Fsp3) is 0.182. The lowest BCUT2D eigenvalue weighted by Crippen LogP contribution is -2.06. The summed E-state index contributed by atoms with van der Waals surface area (Å²) < 4.78 is 0. The van der Waals surface area contributed by atoms with Crippen molar-refractivity contribution in [2.45, 2.75) is 13.8 Å². The maximum Gasteiger partial charge on any atom is 0.0641 e. The first-order valence-electron chi connectivity index (χ1n) is 4.16. The van der Waals surface area contributed by atoms with Crippen LogP contribution in [0.2, 0.25) is 0 Å². The standard InChI is InChI=1S/C11H16N2/c1-5-9-11(10-6-2)13(8-4)12-7-3/h5-10H,1,4H2,2-3H3/b10-6-,11-9+,12-7-. The van der Waals surface area contributed by atoms with Crippen molar-refractivity contribution < 1.29 is 0 Å². The van der Waals surface area contributed by atoms with Gasteiger partial charge in [-0.15, -0.1) is 0 Å². The van der Waals surface area contributed by atoms with Gasteiger partial charge in [-0.25, -0.2) is 5.01 Å². The number of nitrogens with zero attached hydrogens (tertiary/aromatic N) is 2. The number of allylic oxidation sites excluding steroid dienone is 4. The summed E-state index contributed by atoms with van der Waals surface area (Å²) in [5.41, 5.74) is 0.936. The highest BCUT2D eigenvalue weighted by Gasteiger charge is 1.96. The van der Waals surface area contributed by atoms with Crippen LogP contribution in [0.15, 0.2) is 54.5 Å². The molecule has 0 aromatic heterocycles. The monoisotopic (exact) mass is 176 g/mol. The summed E-state index contributed by atoms with van der Waals surface area (Å²) in [6.07, 6.45) is 10.8. The zero-order chi connectivity index (χ0) is 10.1. The van der Waals surface area contributed by atoms with Gasteiger partial charge in [0.05, 0.1) is 5.70 Å². The summed E-state index contributed by atoms with van der Waals surface area (Å²) in [4.78, 5) is 0. The van der Waals surface area contributed by atoms with E-state index < -0.39 is 0 Å². The van der Waals surface area contributed by atoms with Crippen LogP contribution in [0.3, 0.4) is 0 Å². The molecule has 0 atom stereocenters. The molecule has 13 heavy (non-hydrogen) atoms. The van der Waals surface area contributed by atoms with E-state index in [9.17, 15) is 0 Å². The molecular weight excluding hydrogens is 160 g/mol. The van der Waals surface area contributed by atoms with Gasteiger partial charge in [0.2, 0.25) is 0 Å². The highest BCUT2D eigenvalue weighted by atomic mass is 15.4. The molecule has 2 nitrogen and oxygen atoms in total. The molecule has 0 aliphatic heterocycles. The fourth-order valence-corrected chi connectivity index (χ4v) is 0.843. The molecule has 0 bridgehead atoms. The summed E-state index contributed by atoms with van der Waals surface area (Å²) in [6, 6.07) is 0. The molecule has 0 aliphatic rings. The molecule has 0 N–H and O–H groups in total. The van der Waals surface area contributed by atoms with Crippen molar-refractivity contribution in [2.24, 2.45) is 5.10 Å². The van der Waals surface area contributed by atoms with Gasteiger partial charge in [-0.05, 0) is 26.0 Å². The lowest BCUT2D eigenvalue weighted by atomic mass is 10.3. The first-order chi connectivity index (χ1) is 6.29. The van der Waals surface area contributed by atoms with Gasteiger partial charge in [-0.2, -0.15) is 5.10 Å². The van der Waals surface area contributed by atoms with Crippen LogP contribution >= 0.6 is 0 Å². The van der Waals surface area contributed by atoms with Crippen molar-refractivity contribution in [1.29, 1.82) is 0 Å². The first kappa shape index (κ1) is 11.4. The third kappa shape index (κ3) is 4.11. The molecule has 0 radical (unpaired) electrons. The van der Waals surface area contributed by atoms with Crippen molar-refractivity contribution in [3.63, 3.8) is 0 Å². The van der Waals surface area contributed by atoms with Crippen LogP contribution in [0.25, 0.3) is 0 Å². The molecule has 0 fully saturated rings. The Morgan fingerprint density at radius 2 is 2.00 bits per heavy atom. The van der Waals surface area contributed by atoms with E-state index in [1.165, 1.54) is 0 Å². The Morgan fingerprint density at radius 1 is 1.31 bits per heavy atom. The van der Waals surface area contributed by atoms with Crippen molar-refractivity contribution in [1.82, 2.24) is 5.01 Å². The van der Waals surface area contributed by atoms with Crippen LogP contribution < -0.4 is 0 Å². The predicted octanol–water partition coefficient (Wildman–Crippen LogP) is 3.08. The third-order valence-electron chi connectivity index (χ3n) is 1.30. The van der Waals surface area contributed by atoms with Crippen molar-refractivity contribution in [3.8, 4) is 0 Å². The van der Waals surface area contributed by atoms with E-state index in [2.05, 4.69) is 18.3 Å². The van der Waals surface area contributed by atoms with Crippen molar-refractivity contribution in [2.75, 3.05) is 0 Å². The molecule has 0 unspecified atom stereocenters. The topological polar surface area (TPSA) is 15.6 Å². The van der Waals surface area contributed by atoms with Gasteiger partial charge in [0.25, 0.3) is 0 Å². The Morgan fingerprint density at radius 3 is 2.38 bits per heavy atom. The van der Waals surface area contributed by atoms with Crippen molar-refractivity contribution >= 4 is 6.21 Å². The van der Waals surface area contributed by atoms with Crippen molar-refractivity contribution in [3.05, 3.63) is 49.4 Å². The minimum absolute atomic E-state index is 0.936. The number of hydrazone groups is 1. The molecular formula is C11H16N2. The van der Waals surface area contributed by atoms with E-state index in [4.69, 9.17) is 0 Å². The molecule has 0 spiro atoms.